The van der Waals surface area contributed by atoms with Crippen LogP contribution in [-0.2, 0) is 11.3 Å². The molecule has 1 aliphatic heterocycles. The van der Waals surface area contributed by atoms with Crippen molar-refractivity contribution in [1.29, 1.82) is 0 Å². The number of nitrogens with zero attached hydrogens (tertiary/aromatic N) is 3. The van der Waals surface area contributed by atoms with Gasteiger partial charge in [-0.15, -0.1) is 0 Å². The average molecular weight is 370 g/mol. The number of hydrogen-bond acceptors (Lipinski definition) is 6. The zero-order valence-corrected chi connectivity index (χ0v) is 15.7. The Morgan fingerprint density at radius 2 is 2.00 bits per heavy atom. The molecule has 1 aromatic heterocycles. The van der Waals surface area contributed by atoms with Crippen LogP contribution in [0.15, 0.2) is 36.5 Å². The number of carbonyl (C=O) groups is 1. The first-order valence-electron chi connectivity index (χ1n) is 9.42. The fraction of sp³-hybridized carbons (Fsp3) is 0.450. The second kappa shape index (κ2) is 9.87. The highest BCUT2D eigenvalue weighted by Gasteiger charge is 2.13. The van der Waals surface area contributed by atoms with Gasteiger partial charge < -0.3 is 19.7 Å². The Bertz CT molecular complexity index is 730. The lowest BCUT2D eigenvalue weighted by atomic mass is 10.2. The van der Waals surface area contributed by atoms with Gasteiger partial charge in [0, 0.05) is 24.8 Å². The smallest absolute Gasteiger partial charge is 0.251 e. The second-order valence-electron chi connectivity index (χ2n) is 6.34. The number of amides is 1. The molecule has 1 saturated heterocycles. The molecule has 0 aliphatic carbocycles. The fourth-order valence-corrected chi connectivity index (χ4v) is 2.74. The molecule has 7 heteroatoms. The van der Waals surface area contributed by atoms with Gasteiger partial charge >= 0.3 is 0 Å². The van der Waals surface area contributed by atoms with Crippen molar-refractivity contribution in [2.45, 2.75) is 26.3 Å². The van der Waals surface area contributed by atoms with E-state index < -0.39 is 0 Å². The SMILES string of the molecule is CCCCOc1ccc(C(=O)NCc2nccc(N3CCOCC3)n2)cc1. The number of aromatic nitrogens is 2. The number of ether oxygens (including phenoxy) is 2. The maximum absolute atomic E-state index is 12.3. The van der Waals surface area contributed by atoms with E-state index in [2.05, 4.69) is 27.1 Å². The number of nitrogens with one attached hydrogen (secondary N) is 1. The quantitative estimate of drug-likeness (QED) is 0.719. The van der Waals surface area contributed by atoms with Crippen LogP contribution in [-0.4, -0.2) is 48.8 Å². The molecular formula is C20H26N4O3. The average Bonchev–Trinajstić information content (AvgIpc) is 2.73. The second-order valence-corrected chi connectivity index (χ2v) is 6.34. The molecule has 2 aromatic rings. The zero-order chi connectivity index (χ0) is 18.9. The number of hydrogen-bond donors (Lipinski definition) is 1. The summed E-state index contributed by atoms with van der Waals surface area (Å²) in [7, 11) is 0. The van der Waals surface area contributed by atoms with Gasteiger partial charge in [-0.2, -0.15) is 0 Å². The minimum absolute atomic E-state index is 0.157. The van der Waals surface area contributed by atoms with E-state index in [0.29, 0.717) is 31.2 Å². The lowest BCUT2D eigenvalue weighted by molar-refractivity contribution is 0.0950. The Morgan fingerprint density at radius 1 is 1.22 bits per heavy atom. The predicted octanol–water partition coefficient (Wildman–Crippen LogP) is 2.42. The van der Waals surface area contributed by atoms with E-state index in [9.17, 15) is 4.79 Å². The van der Waals surface area contributed by atoms with Crippen LogP contribution in [0.25, 0.3) is 0 Å². The molecule has 3 rings (SSSR count). The molecular weight excluding hydrogens is 344 g/mol. The number of anilines is 1. The van der Waals surface area contributed by atoms with Crippen LogP contribution >= 0.6 is 0 Å². The van der Waals surface area contributed by atoms with Crippen molar-refractivity contribution in [2.75, 3.05) is 37.8 Å². The fourth-order valence-electron chi connectivity index (χ4n) is 2.74. The van der Waals surface area contributed by atoms with Crippen molar-refractivity contribution in [3.8, 4) is 5.75 Å². The van der Waals surface area contributed by atoms with Crippen molar-refractivity contribution >= 4 is 11.7 Å². The van der Waals surface area contributed by atoms with Crippen LogP contribution < -0.4 is 15.0 Å². The summed E-state index contributed by atoms with van der Waals surface area (Å²) in [5.41, 5.74) is 0.585. The van der Waals surface area contributed by atoms with Crippen LogP contribution in [0.3, 0.4) is 0 Å². The van der Waals surface area contributed by atoms with Crippen LogP contribution in [0.2, 0.25) is 0 Å². The van der Waals surface area contributed by atoms with E-state index in [-0.39, 0.29) is 12.5 Å². The van der Waals surface area contributed by atoms with Crippen LogP contribution in [0.5, 0.6) is 5.75 Å². The molecule has 144 valence electrons. The topological polar surface area (TPSA) is 76.6 Å². The van der Waals surface area contributed by atoms with E-state index in [1.807, 2.05) is 18.2 Å². The molecule has 7 nitrogen and oxygen atoms in total. The number of rotatable bonds is 8. The largest absolute Gasteiger partial charge is 0.494 e. The molecule has 2 heterocycles. The standard InChI is InChI=1S/C20H26N4O3/c1-2-3-12-27-17-6-4-16(5-7-17)20(25)22-15-18-21-9-8-19(23-18)24-10-13-26-14-11-24/h4-9H,2-3,10-15H2,1H3,(H,22,25). The lowest BCUT2D eigenvalue weighted by Gasteiger charge is -2.27. The van der Waals surface area contributed by atoms with Gasteiger partial charge in [-0.25, -0.2) is 9.97 Å². The number of carbonyl (C=O) groups excluding carboxylic acids is 1. The first kappa shape index (κ1) is 19.1. The molecule has 0 spiro atoms. The van der Waals surface area contributed by atoms with Gasteiger partial charge in [-0.1, -0.05) is 13.3 Å². The van der Waals surface area contributed by atoms with Crippen LogP contribution in [0.4, 0.5) is 5.82 Å². The summed E-state index contributed by atoms with van der Waals surface area (Å²) in [6.45, 7) is 6.13. The number of morpholine rings is 1. The summed E-state index contributed by atoms with van der Waals surface area (Å²) < 4.78 is 11.0. The van der Waals surface area contributed by atoms with Gasteiger partial charge in [0.05, 0.1) is 26.4 Å². The highest BCUT2D eigenvalue weighted by Crippen LogP contribution is 2.14. The highest BCUT2D eigenvalue weighted by atomic mass is 16.5. The first-order valence-corrected chi connectivity index (χ1v) is 9.42. The van der Waals surface area contributed by atoms with E-state index in [1.165, 1.54) is 0 Å². The van der Waals surface area contributed by atoms with Crippen molar-refractivity contribution in [3.05, 3.63) is 47.9 Å². The molecule has 1 fully saturated rings. The third kappa shape index (κ3) is 5.65. The van der Waals surface area contributed by atoms with Crippen LogP contribution in [0.1, 0.15) is 35.9 Å². The van der Waals surface area contributed by atoms with E-state index >= 15 is 0 Å². The summed E-state index contributed by atoms with van der Waals surface area (Å²) in [5, 5.41) is 2.87. The molecule has 1 N–H and O–H groups in total. The normalized spacial score (nSPS) is 14.0. The minimum Gasteiger partial charge on any atom is -0.494 e. The maximum Gasteiger partial charge on any atom is 0.251 e. The minimum atomic E-state index is -0.157. The predicted molar refractivity (Wildman–Crippen MR) is 103 cm³/mol. The molecule has 0 saturated carbocycles. The van der Waals surface area contributed by atoms with Gasteiger partial charge in [0.25, 0.3) is 5.91 Å². The Morgan fingerprint density at radius 3 is 2.74 bits per heavy atom. The van der Waals surface area contributed by atoms with Gasteiger partial charge in [0.2, 0.25) is 0 Å². The van der Waals surface area contributed by atoms with Crippen molar-refractivity contribution in [3.63, 3.8) is 0 Å². The summed E-state index contributed by atoms with van der Waals surface area (Å²) >= 11 is 0. The van der Waals surface area contributed by atoms with E-state index in [4.69, 9.17) is 9.47 Å². The third-order valence-corrected chi connectivity index (χ3v) is 4.32. The van der Waals surface area contributed by atoms with E-state index in [1.54, 1.807) is 18.3 Å². The molecule has 1 aromatic carbocycles. The van der Waals surface area contributed by atoms with Gasteiger partial charge in [-0.3, -0.25) is 4.79 Å². The summed E-state index contributed by atoms with van der Waals surface area (Å²) in [6, 6.07) is 9.05. The van der Waals surface area contributed by atoms with Crippen molar-refractivity contribution in [1.82, 2.24) is 15.3 Å². The molecule has 0 atom stereocenters. The van der Waals surface area contributed by atoms with Crippen molar-refractivity contribution in [2.24, 2.45) is 0 Å². The molecule has 27 heavy (non-hydrogen) atoms. The third-order valence-electron chi connectivity index (χ3n) is 4.32. The van der Waals surface area contributed by atoms with Gasteiger partial charge in [0.1, 0.15) is 17.4 Å². The Balaban J connectivity index is 1.52. The Hall–Kier alpha value is -2.67. The maximum atomic E-state index is 12.3. The Kier molecular flexibility index (Phi) is 6.98. The van der Waals surface area contributed by atoms with Gasteiger partial charge in [0.15, 0.2) is 0 Å². The molecule has 1 aliphatic rings. The number of unbranched alkanes of at least 4 members (excludes halogenated alkanes) is 1. The lowest BCUT2D eigenvalue weighted by Crippen LogP contribution is -2.37. The van der Waals surface area contributed by atoms with E-state index in [0.717, 1.165) is 37.5 Å². The molecule has 0 bridgehead atoms. The van der Waals surface area contributed by atoms with Crippen molar-refractivity contribution < 1.29 is 14.3 Å². The molecule has 0 radical (unpaired) electrons. The van der Waals surface area contributed by atoms with Gasteiger partial charge in [-0.05, 0) is 36.8 Å². The monoisotopic (exact) mass is 370 g/mol. The molecule has 1 amide bonds. The zero-order valence-electron chi connectivity index (χ0n) is 15.7. The highest BCUT2D eigenvalue weighted by molar-refractivity contribution is 5.94. The molecule has 0 unspecified atom stereocenters. The number of benzene rings is 1. The van der Waals surface area contributed by atoms with Crippen LogP contribution in [0, 0.1) is 0 Å². The summed E-state index contributed by atoms with van der Waals surface area (Å²) in [4.78, 5) is 23.3. The first-order chi connectivity index (χ1) is 13.3. The summed E-state index contributed by atoms with van der Waals surface area (Å²) in [6.07, 6.45) is 3.84. The Labute approximate surface area is 159 Å². The summed E-state index contributed by atoms with van der Waals surface area (Å²) in [5.74, 6) is 2.08.